The first-order chi connectivity index (χ1) is 13.1. The van der Waals surface area contributed by atoms with Gasteiger partial charge in [0.15, 0.2) is 5.11 Å². The van der Waals surface area contributed by atoms with E-state index in [4.69, 9.17) is 12.2 Å². The molecule has 134 valence electrons. The number of nitrogens with one attached hydrogen (secondary N) is 3. The van der Waals surface area contributed by atoms with E-state index in [-0.39, 0.29) is 11.9 Å². The van der Waals surface area contributed by atoms with Gasteiger partial charge < -0.3 is 16.0 Å². The standard InChI is InChI=1S/C22H19N3OS/c1-14-19(21(26)24-16-10-3-2-4-11-16)20(25-22(27)23-14)18-13-7-9-15-8-5-6-12-17(15)18/h2-13,20H,1H3,(H,24,26)(H2,23,25,27)/t20-/m1/s1. The van der Waals surface area contributed by atoms with Crippen molar-refractivity contribution in [2.75, 3.05) is 5.32 Å². The first kappa shape index (κ1) is 17.2. The monoisotopic (exact) mass is 373 g/mol. The minimum absolute atomic E-state index is 0.154. The van der Waals surface area contributed by atoms with Gasteiger partial charge in [-0.3, -0.25) is 4.79 Å². The number of hydrogen-bond acceptors (Lipinski definition) is 2. The molecule has 1 aliphatic rings. The zero-order valence-electron chi connectivity index (χ0n) is 14.8. The first-order valence-electron chi connectivity index (χ1n) is 8.76. The lowest BCUT2D eigenvalue weighted by Gasteiger charge is -2.31. The molecule has 1 atom stereocenters. The van der Waals surface area contributed by atoms with Crippen LogP contribution in [0.4, 0.5) is 5.69 Å². The number of amides is 1. The second-order valence-electron chi connectivity index (χ2n) is 6.46. The SMILES string of the molecule is CC1=C(C(=O)Nc2ccccc2)[C@@H](c2cccc3ccccc23)NC(=S)N1. The number of fused-ring (bicyclic) bond motifs is 1. The fourth-order valence-electron chi connectivity index (χ4n) is 3.45. The maximum Gasteiger partial charge on any atom is 0.255 e. The van der Waals surface area contributed by atoms with E-state index in [1.165, 1.54) is 0 Å². The van der Waals surface area contributed by atoms with Gasteiger partial charge in [0.25, 0.3) is 5.91 Å². The molecule has 0 fully saturated rings. The molecular formula is C22H19N3OS. The van der Waals surface area contributed by atoms with Crippen LogP contribution < -0.4 is 16.0 Å². The fraction of sp³-hybridized carbons (Fsp3) is 0.0909. The third-order valence-corrected chi connectivity index (χ3v) is 4.90. The predicted molar refractivity (Wildman–Crippen MR) is 113 cm³/mol. The zero-order valence-corrected chi connectivity index (χ0v) is 15.6. The molecule has 0 radical (unpaired) electrons. The molecule has 27 heavy (non-hydrogen) atoms. The highest BCUT2D eigenvalue weighted by Crippen LogP contribution is 2.32. The van der Waals surface area contributed by atoms with Gasteiger partial charge in [-0.25, -0.2) is 0 Å². The molecule has 4 nitrogen and oxygen atoms in total. The molecule has 0 saturated carbocycles. The van der Waals surface area contributed by atoms with Crippen molar-refractivity contribution in [3.05, 3.63) is 89.6 Å². The molecule has 0 spiro atoms. The number of hydrogen-bond donors (Lipinski definition) is 3. The van der Waals surface area contributed by atoms with Gasteiger partial charge in [-0.15, -0.1) is 0 Å². The van der Waals surface area contributed by atoms with Crippen molar-refractivity contribution in [3.8, 4) is 0 Å². The van der Waals surface area contributed by atoms with Crippen molar-refractivity contribution < 1.29 is 4.79 Å². The summed E-state index contributed by atoms with van der Waals surface area (Å²) in [5.41, 5.74) is 3.16. The molecule has 0 unspecified atom stereocenters. The van der Waals surface area contributed by atoms with Crippen LogP contribution in [0.2, 0.25) is 0 Å². The molecular weight excluding hydrogens is 354 g/mol. The van der Waals surface area contributed by atoms with Gasteiger partial charge in [0, 0.05) is 11.4 Å². The van der Waals surface area contributed by atoms with Crippen molar-refractivity contribution in [1.82, 2.24) is 10.6 Å². The molecule has 3 N–H and O–H groups in total. The van der Waals surface area contributed by atoms with Crippen LogP contribution in [0.1, 0.15) is 18.5 Å². The van der Waals surface area contributed by atoms with E-state index in [9.17, 15) is 4.79 Å². The first-order valence-corrected chi connectivity index (χ1v) is 9.16. The Morgan fingerprint density at radius 1 is 0.963 bits per heavy atom. The fourth-order valence-corrected chi connectivity index (χ4v) is 3.72. The summed E-state index contributed by atoms with van der Waals surface area (Å²) < 4.78 is 0. The predicted octanol–water partition coefficient (Wildman–Crippen LogP) is 4.27. The van der Waals surface area contributed by atoms with Crippen LogP contribution in [0.5, 0.6) is 0 Å². The zero-order chi connectivity index (χ0) is 18.8. The highest BCUT2D eigenvalue weighted by molar-refractivity contribution is 7.80. The third-order valence-electron chi connectivity index (χ3n) is 4.68. The summed E-state index contributed by atoms with van der Waals surface area (Å²) in [6.07, 6.45) is 0. The maximum absolute atomic E-state index is 13.1. The van der Waals surface area contributed by atoms with Gasteiger partial charge in [-0.1, -0.05) is 60.7 Å². The summed E-state index contributed by atoms with van der Waals surface area (Å²) in [4.78, 5) is 13.1. The van der Waals surface area contributed by atoms with Gasteiger partial charge in [0.05, 0.1) is 11.6 Å². The summed E-state index contributed by atoms with van der Waals surface area (Å²) in [5, 5.41) is 12.1. The Labute approximate surface area is 163 Å². The number of carbonyl (C=O) groups excluding carboxylic acids is 1. The van der Waals surface area contributed by atoms with Gasteiger partial charge in [0.2, 0.25) is 0 Å². The van der Waals surface area contributed by atoms with Crippen LogP contribution >= 0.6 is 12.2 Å². The quantitative estimate of drug-likeness (QED) is 0.600. The average molecular weight is 373 g/mol. The van der Waals surface area contributed by atoms with Crippen molar-refractivity contribution in [3.63, 3.8) is 0 Å². The van der Waals surface area contributed by atoms with Crippen LogP contribution in [-0.2, 0) is 4.79 Å². The van der Waals surface area contributed by atoms with E-state index in [2.05, 4.69) is 34.1 Å². The largest absolute Gasteiger partial charge is 0.351 e. The van der Waals surface area contributed by atoms with Gasteiger partial charge in [-0.2, -0.15) is 0 Å². The molecule has 3 aromatic carbocycles. The van der Waals surface area contributed by atoms with Crippen molar-refractivity contribution >= 4 is 39.7 Å². The summed E-state index contributed by atoms with van der Waals surface area (Å²) in [7, 11) is 0. The average Bonchev–Trinajstić information content (AvgIpc) is 2.67. The van der Waals surface area contributed by atoms with Crippen LogP contribution in [0.3, 0.4) is 0 Å². The Kier molecular flexibility index (Phi) is 4.60. The lowest BCUT2D eigenvalue weighted by atomic mass is 9.91. The number of anilines is 1. The Morgan fingerprint density at radius 2 is 1.67 bits per heavy atom. The van der Waals surface area contributed by atoms with Gasteiger partial charge in [-0.05, 0) is 47.6 Å². The number of para-hydroxylation sites is 1. The van der Waals surface area contributed by atoms with Crippen LogP contribution in [0, 0.1) is 0 Å². The molecule has 0 aromatic heterocycles. The molecule has 3 aromatic rings. The Bertz CT molecular complexity index is 1050. The van der Waals surface area contributed by atoms with Gasteiger partial charge >= 0.3 is 0 Å². The molecule has 0 aliphatic carbocycles. The van der Waals surface area contributed by atoms with Crippen molar-refractivity contribution in [1.29, 1.82) is 0 Å². The van der Waals surface area contributed by atoms with E-state index in [0.717, 1.165) is 27.7 Å². The van der Waals surface area contributed by atoms with Crippen LogP contribution in [0.15, 0.2) is 84.1 Å². The van der Waals surface area contributed by atoms with Crippen LogP contribution in [0.25, 0.3) is 10.8 Å². The smallest absolute Gasteiger partial charge is 0.255 e. The lowest BCUT2D eigenvalue weighted by molar-refractivity contribution is -0.113. The normalized spacial score (nSPS) is 16.6. The van der Waals surface area contributed by atoms with E-state index >= 15 is 0 Å². The second kappa shape index (κ2) is 7.21. The number of carbonyl (C=O) groups is 1. The minimum Gasteiger partial charge on any atom is -0.351 e. The molecule has 1 amide bonds. The number of benzene rings is 3. The third kappa shape index (κ3) is 3.41. The number of thiocarbonyl (C=S) groups is 1. The summed E-state index contributed by atoms with van der Waals surface area (Å²) in [6, 6.07) is 23.4. The van der Waals surface area contributed by atoms with Crippen molar-refractivity contribution in [2.24, 2.45) is 0 Å². The summed E-state index contributed by atoms with van der Waals surface area (Å²) >= 11 is 5.36. The van der Waals surface area contributed by atoms with E-state index < -0.39 is 0 Å². The molecule has 1 aliphatic heterocycles. The molecule has 1 heterocycles. The van der Waals surface area contributed by atoms with E-state index in [0.29, 0.717) is 10.7 Å². The Balaban J connectivity index is 1.78. The number of rotatable bonds is 3. The van der Waals surface area contributed by atoms with Crippen molar-refractivity contribution in [2.45, 2.75) is 13.0 Å². The highest BCUT2D eigenvalue weighted by Gasteiger charge is 2.30. The lowest BCUT2D eigenvalue weighted by Crippen LogP contribution is -2.45. The molecule has 4 rings (SSSR count). The molecule has 5 heteroatoms. The summed E-state index contributed by atoms with van der Waals surface area (Å²) in [5.74, 6) is -0.154. The second-order valence-corrected chi connectivity index (χ2v) is 6.87. The Hall–Kier alpha value is -3.18. The van der Waals surface area contributed by atoms with Crippen LogP contribution in [-0.4, -0.2) is 11.0 Å². The van der Waals surface area contributed by atoms with Gasteiger partial charge in [0.1, 0.15) is 0 Å². The maximum atomic E-state index is 13.1. The minimum atomic E-state index is -0.325. The number of allylic oxidation sites excluding steroid dienone is 1. The Morgan fingerprint density at radius 3 is 2.48 bits per heavy atom. The topological polar surface area (TPSA) is 53.2 Å². The molecule has 0 bridgehead atoms. The molecule has 0 saturated heterocycles. The van der Waals surface area contributed by atoms with E-state index in [1.54, 1.807) is 0 Å². The summed E-state index contributed by atoms with van der Waals surface area (Å²) in [6.45, 7) is 1.88. The highest BCUT2D eigenvalue weighted by atomic mass is 32.1. The van der Waals surface area contributed by atoms with E-state index in [1.807, 2.05) is 61.5 Å².